The summed E-state index contributed by atoms with van der Waals surface area (Å²) < 4.78 is 127. The lowest BCUT2D eigenvalue weighted by Crippen LogP contribution is -2.71. The lowest BCUT2D eigenvalue weighted by Gasteiger charge is -2.54. The van der Waals surface area contributed by atoms with Gasteiger partial charge in [-0.1, -0.05) is 92.2 Å². The van der Waals surface area contributed by atoms with E-state index in [1.807, 2.05) is 27.7 Å². The van der Waals surface area contributed by atoms with E-state index in [4.69, 9.17) is 9.47 Å². The van der Waals surface area contributed by atoms with Crippen molar-refractivity contribution in [2.75, 3.05) is 88.8 Å². The second kappa shape index (κ2) is 38.9. The normalized spacial score (nSPS) is 32.3. The second-order valence-corrected chi connectivity index (χ2v) is 33.4. The molecule has 624 valence electrons. The van der Waals surface area contributed by atoms with Crippen LogP contribution in [0.1, 0.15) is 196 Å². The zero-order chi connectivity index (χ0) is 81.8. The van der Waals surface area contributed by atoms with E-state index in [1.54, 1.807) is 40.0 Å². The maximum atomic E-state index is 15.9. The molecule has 32 heteroatoms. The van der Waals surface area contributed by atoms with Crippen LogP contribution in [0.4, 0.5) is 35.1 Å². The van der Waals surface area contributed by atoms with Gasteiger partial charge in [-0.15, -0.1) is 0 Å². The standard InChI is InChI=1S/C78H123F8N11O13/c1-15-46(5)65-72(106)91(9)42-63(100)92(10)56-27-23-20-24-34-96(71(56)105)59(37-47-28-31-51(32-29-47)77(81,82)83)70(104)90(8)41-61(98)87-55(33-30-48-35-53(79)64(54(80)36-48)78(84,85)86)69(103)97-40-52(110-18-4)38-58(97)68(102)89-76(44-75(6,7)45-76)74(108)95(13)66(49(16-2)17-3)73(107)94(12)57(50-25-21-19-22-26-50)39-62(99)93(11)60(43-109-14)67(101)88-65/h20,23,46-60,64-66H,15-19,21-22,24-45H2,1-14H3,(H,87,98)(H,88,101)(H,89,102)/b23-20-/t46-,47?,48?,51?,52+,53?,54?,55-,56-,57+,58-,59-,60-,64?,65-,66-/m0/s1. The van der Waals surface area contributed by atoms with Crippen molar-refractivity contribution in [3.8, 4) is 0 Å². The summed E-state index contributed by atoms with van der Waals surface area (Å²) in [5.74, 6) is -15.7. The summed E-state index contributed by atoms with van der Waals surface area (Å²) in [6.45, 7) is 10.6. The van der Waals surface area contributed by atoms with Crippen LogP contribution in [-0.4, -0.2) is 278 Å². The average molecular weight is 1570 g/mol. The van der Waals surface area contributed by atoms with Crippen LogP contribution < -0.4 is 16.0 Å². The molecule has 7 aliphatic rings. The number of alkyl halides is 8. The van der Waals surface area contributed by atoms with Gasteiger partial charge in [-0.25, -0.2) is 8.78 Å². The lowest BCUT2D eigenvalue weighted by atomic mass is 9.58. The van der Waals surface area contributed by atoms with Crippen LogP contribution in [0.15, 0.2) is 12.2 Å². The number of nitrogens with zero attached hydrogens (tertiary/aromatic N) is 8. The van der Waals surface area contributed by atoms with Crippen molar-refractivity contribution in [1.29, 1.82) is 0 Å². The van der Waals surface area contributed by atoms with Gasteiger partial charge in [0.25, 0.3) is 0 Å². The smallest absolute Gasteiger partial charge is 0.382 e. The molecule has 0 aromatic carbocycles. The molecular weight excluding hydrogens is 1450 g/mol. The summed E-state index contributed by atoms with van der Waals surface area (Å²) in [6, 6.07) is -10.6. The molecule has 3 aliphatic heterocycles. The molecule has 0 radical (unpaired) electrons. The SMILES string of the molecule is CCO[C@@H]1C[C@H]2C(=O)NC3(CC(C)(C)C3)C(=O)N(C)[C@@H](C(CC)CC)C(=O)N(C)[C@@H](C3CCCCC3)CC(=O)N(C)[C@@H](COC)C(=O)N[C@@H]([C@@H](C)CC)C(=O)N(C)CC(=O)N(C)[C@H]3C/C=C\CCN(C3=O)[C@@H](CC3CCC(C(F)(F)F)CC3)C(=O)N(C)CC(=O)N[C@@H](CCC3CC(F)C(C(F)(F)F)C(F)C3)C(=O)N2C1. The van der Waals surface area contributed by atoms with Gasteiger partial charge in [0.2, 0.25) is 65.0 Å². The van der Waals surface area contributed by atoms with E-state index in [9.17, 15) is 45.5 Å². The number of nitrogens with one attached hydrogen (secondary N) is 3. The minimum atomic E-state index is -5.21. The topological polar surface area (TPSA) is 268 Å². The first kappa shape index (κ1) is 90.5. The molecule has 0 aromatic rings. The minimum absolute atomic E-state index is 0.000602. The molecule has 4 aliphatic carbocycles. The lowest BCUT2D eigenvalue weighted by molar-refractivity contribution is -0.219. The van der Waals surface area contributed by atoms with E-state index in [0.29, 0.717) is 32.1 Å². The maximum absolute atomic E-state index is 15.9. The van der Waals surface area contributed by atoms with E-state index < -0.39 is 223 Å². The number of ether oxygens (including phenoxy) is 2. The van der Waals surface area contributed by atoms with Crippen molar-refractivity contribution in [2.24, 2.45) is 46.8 Å². The Morgan fingerprint density at radius 3 is 1.79 bits per heavy atom. The van der Waals surface area contributed by atoms with Gasteiger partial charge in [0, 0.05) is 88.0 Å². The third-order valence-electron chi connectivity index (χ3n) is 25.1. The molecule has 7 rings (SSSR count). The van der Waals surface area contributed by atoms with Crippen LogP contribution in [0.3, 0.4) is 0 Å². The van der Waals surface area contributed by atoms with Gasteiger partial charge < -0.3 is 64.6 Å². The fourth-order valence-electron chi connectivity index (χ4n) is 18.5. The van der Waals surface area contributed by atoms with Gasteiger partial charge in [-0.05, 0) is 138 Å². The van der Waals surface area contributed by atoms with Crippen LogP contribution in [-0.2, 0) is 62.2 Å². The highest BCUT2D eigenvalue weighted by molar-refractivity contribution is 6.00. The van der Waals surface area contributed by atoms with Gasteiger partial charge in [0.15, 0.2) is 0 Å². The van der Waals surface area contributed by atoms with E-state index in [2.05, 4.69) is 16.0 Å². The number of rotatable bonds is 15. The number of hydrogen-bond acceptors (Lipinski definition) is 13. The highest BCUT2D eigenvalue weighted by Gasteiger charge is 2.60. The average Bonchev–Trinajstić information content (AvgIpc) is 0.940. The van der Waals surface area contributed by atoms with Crippen molar-refractivity contribution < 1.29 is 97.3 Å². The molecule has 1 spiro atoms. The van der Waals surface area contributed by atoms with Crippen molar-refractivity contribution >= 4 is 65.0 Å². The Balaban J connectivity index is 1.34. The van der Waals surface area contributed by atoms with Crippen LogP contribution >= 0.6 is 0 Å². The quantitative estimate of drug-likeness (QED) is 0.103. The van der Waals surface area contributed by atoms with E-state index in [1.165, 1.54) is 61.9 Å². The molecule has 2 bridgehead atoms. The number of hydrogen-bond donors (Lipinski definition) is 3. The summed E-state index contributed by atoms with van der Waals surface area (Å²) in [4.78, 5) is 178. The molecule has 110 heavy (non-hydrogen) atoms. The highest BCUT2D eigenvalue weighted by Crippen LogP contribution is 2.50. The van der Waals surface area contributed by atoms with Gasteiger partial charge in [0.05, 0.1) is 31.7 Å². The number of halogens is 8. The van der Waals surface area contributed by atoms with Gasteiger partial charge in [0.1, 0.15) is 66.1 Å². The fraction of sp³-hybridized carbons (Fsp3) is 0.833. The monoisotopic (exact) mass is 1570 g/mol. The molecule has 11 amide bonds. The van der Waals surface area contributed by atoms with E-state index in [-0.39, 0.29) is 109 Å². The third kappa shape index (κ3) is 22.0. The molecule has 24 nitrogen and oxygen atoms in total. The number of methoxy groups -OCH3 is 1. The Hall–Kier alpha value is -6.73. The summed E-state index contributed by atoms with van der Waals surface area (Å²) >= 11 is 0. The summed E-state index contributed by atoms with van der Waals surface area (Å²) in [5.41, 5.74) is -2.27. The van der Waals surface area contributed by atoms with Crippen molar-refractivity contribution in [3.63, 3.8) is 0 Å². The summed E-state index contributed by atoms with van der Waals surface area (Å²) in [6.07, 6.45) is -10.8. The molecule has 4 saturated carbocycles. The Bertz CT molecular complexity index is 3220. The van der Waals surface area contributed by atoms with Gasteiger partial charge in [-0.3, -0.25) is 52.7 Å². The van der Waals surface area contributed by atoms with Crippen LogP contribution in [0.25, 0.3) is 0 Å². The number of carbonyl (C=O) groups is 11. The van der Waals surface area contributed by atoms with Crippen LogP contribution in [0.5, 0.6) is 0 Å². The number of amides is 11. The van der Waals surface area contributed by atoms with Gasteiger partial charge in [-0.2, -0.15) is 26.3 Å². The third-order valence-corrected chi connectivity index (χ3v) is 25.1. The molecular formula is C78H123F8N11O13. The second-order valence-electron chi connectivity index (χ2n) is 33.4. The Labute approximate surface area is 643 Å². The predicted molar refractivity (Wildman–Crippen MR) is 393 cm³/mol. The van der Waals surface area contributed by atoms with E-state index in [0.717, 1.165) is 38.9 Å². The Kier molecular flexibility index (Phi) is 32.0. The molecule has 2 saturated heterocycles. The fourth-order valence-corrected chi connectivity index (χ4v) is 18.5. The molecule has 0 aromatic heterocycles. The predicted octanol–water partition coefficient (Wildman–Crippen LogP) is 8.33. The molecule has 12 atom stereocenters. The van der Waals surface area contributed by atoms with Crippen molar-refractivity contribution in [2.45, 2.75) is 281 Å². The van der Waals surface area contributed by atoms with Crippen LogP contribution in [0, 0.1) is 46.8 Å². The zero-order valence-electron chi connectivity index (χ0n) is 67.0. The number of likely N-dealkylation sites (N-methyl/N-ethyl adjacent to an activating group) is 6. The minimum Gasteiger partial charge on any atom is -0.382 e. The Morgan fingerprint density at radius 1 is 0.609 bits per heavy atom. The molecule has 3 heterocycles. The highest BCUT2D eigenvalue weighted by atomic mass is 19.4. The first-order valence-electron chi connectivity index (χ1n) is 39.8. The first-order valence-corrected chi connectivity index (χ1v) is 39.8. The Morgan fingerprint density at radius 2 is 1.23 bits per heavy atom. The molecule has 3 N–H and O–H groups in total. The summed E-state index contributed by atoms with van der Waals surface area (Å²) in [7, 11) is 9.77. The summed E-state index contributed by atoms with van der Waals surface area (Å²) in [5, 5.41) is 8.54. The number of carbonyl (C=O) groups excluding carboxylic acids is 11. The number of fused-ring (bicyclic) bond motifs is 3. The molecule has 2 unspecified atom stereocenters. The largest absolute Gasteiger partial charge is 0.397 e. The van der Waals surface area contributed by atoms with Crippen molar-refractivity contribution in [1.82, 2.24) is 55.1 Å². The zero-order valence-corrected chi connectivity index (χ0v) is 67.0. The van der Waals surface area contributed by atoms with Gasteiger partial charge >= 0.3 is 12.4 Å². The molecule has 6 fully saturated rings. The van der Waals surface area contributed by atoms with Crippen molar-refractivity contribution in [3.05, 3.63) is 12.2 Å². The van der Waals surface area contributed by atoms with Crippen LogP contribution in [0.2, 0.25) is 0 Å². The first-order chi connectivity index (χ1) is 51.6. The van der Waals surface area contributed by atoms with E-state index >= 15 is 42.3 Å². The maximum Gasteiger partial charge on any atom is 0.397 e.